The molecule has 1 N–H and O–H groups in total. The number of hydrogen-bond donors (Lipinski definition) is 1. The summed E-state index contributed by atoms with van der Waals surface area (Å²) >= 11 is 3.45. The van der Waals surface area contributed by atoms with Crippen LogP contribution in [0, 0.1) is 0 Å². The highest BCUT2D eigenvalue weighted by atomic mass is 79.9. The Kier molecular flexibility index (Phi) is 11.2. The first-order valence-corrected chi connectivity index (χ1v) is 7.33. The number of nitrogens with zero attached hydrogens (tertiary/aromatic N) is 1. The van der Waals surface area contributed by atoms with Crippen LogP contribution in [0.2, 0.25) is 0 Å². The zero-order chi connectivity index (χ0) is 11.5. The molecule has 0 aliphatic rings. The van der Waals surface area contributed by atoms with E-state index in [2.05, 4.69) is 34.7 Å². The summed E-state index contributed by atoms with van der Waals surface area (Å²) in [5, 5.41) is 10.1. The predicted octanol–water partition coefficient (Wildman–Crippen LogP) is 3.03. The van der Waals surface area contributed by atoms with E-state index in [4.69, 9.17) is 5.11 Å². The summed E-state index contributed by atoms with van der Waals surface area (Å²) < 4.78 is 0. The molecule has 0 rings (SSSR count). The van der Waals surface area contributed by atoms with Gasteiger partial charge in [-0.15, -0.1) is 0 Å². The first-order valence-electron chi connectivity index (χ1n) is 6.20. The third-order valence-electron chi connectivity index (χ3n) is 2.93. The molecule has 0 amide bonds. The van der Waals surface area contributed by atoms with Gasteiger partial charge in [-0.2, -0.15) is 0 Å². The fraction of sp³-hybridized carbons (Fsp3) is 1.00. The third-order valence-corrected chi connectivity index (χ3v) is 3.49. The molecular weight excluding hydrogens is 254 g/mol. The maximum absolute atomic E-state index is 9.03. The molecule has 0 aromatic heterocycles. The van der Waals surface area contributed by atoms with E-state index >= 15 is 0 Å². The summed E-state index contributed by atoms with van der Waals surface area (Å²) in [6, 6.07) is 0.654. The number of halogens is 1. The van der Waals surface area contributed by atoms with Gasteiger partial charge in [-0.25, -0.2) is 0 Å². The molecule has 0 radical (unpaired) electrons. The summed E-state index contributed by atoms with van der Waals surface area (Å²) in [6.07, 6.45) is 6.18. The second kappa shape index (κ2) is 10.9. The molecule has 0 spiro atoms. The topological polar surface area (TPSA) is 23.5 Å². The van der Waals surface area contributed by atoms with Gasteiger partial charge in [0.2, 0.25) is 0 Å². The zero-order valence-electron chi connectivity index (χ0n) is 10.2. The SMILES string of the molecule is CCC(CC)N(CCO)CCCCCBr. The van der Waals surface area contributed by atoms with Crippen LogP contribution in [-0.2, 0) is 0 Å². The minimum atomic E-state index is 0.287. The molecule has 92 valence electrons. The standard InChI is InChI=1S/C12H26BrNO/c1-3-12(4-2)14(10-11-15)9-7-5-6-8-13/h12,15H,3-11H2,1-2H3. The average molecular weight is 280 g/mol. The van der Waals surface area contributed by atoms with Gasteiger partial charge in [0.05, 0.1) is 6.61 Å². The van der Waals surface area contributed by atoms with Crippen molar-refractivity contribution >= 4 is 15.9 Å². The molecule has 0 bridgehead atoms. The van der Waals surface area contributed by atoms with Crippen LogP contribution in [0.5, 0.6) is 0 Å². The fourth-order valence-electron chi connectivity index (χ4n) is 2.00. The Balaban J connectivity index is 3.80. The van der Waals surface area contributed by atoms with Crippen LogP contribution < -0.4 is 0 Å². The van der Waals surface area contributed by atoms with Gasteiger partial charge in [-0.3, -0.25) is 4.90 Å². The molecular formula is C12H26BrNO. The summed E-state index contributed by atoms with van der Waals surface area (Å²) in [7, 11) is 0. The van der Waals surface area contributed by atoms with Crippen molar-refractivity contribution in [3.8, 4) is 0 Å². The normalized spacial score (nSPS) is 11.6. The quantitative estimate of drug-likeness (QED) is 0.491. The van der Waals surface area contributed by atoms with Gasteiger partial charge >= 0.3 is 0 Å². The van der Waals surface area contributed by atoms with E-state index in [-0.39, 0.29) is 6.61 Å². The highest BCUT2D eigenvalue weighted by molar-refractivity contribution is 9.09. The Morgan fingerprint density at radius 3 is 2.20 bits per heavy atom. The van der Waals surface area contributed by atoms with Crippen molar-refractivity contribution in [2.24, 2.45) is 0 Å². The monoisotopic (exact) mass is 279 g/mol. The highest BCUT2D eigenvalue weighted by Gasteiger charge is 2.13. The number of unbranched alkanes of at least 4 members (excludes halogenated alkanes) is 2. The second-order valence-corrected chi connectivity index (χ2v) is 4.77. The molecule has 3 heteroatoms. The fourth-order valence-corrected chi connectivity index (χ4v) is 2.39. The molecule has 0 unspecified atom stereocenters. The van der Waals surface area contributed by atoms with E-state index in [9.17, 15) is 0 Å². The average Bonchev–Trinajstić information content (AvgIpc) is 2.26. The van der Waals surface area contributed by atoms with Crippen molar-refractivity contribution in [2.75, 3.05) is 25.0 Å². The molecule has 0 aliphatic heterocycles. The first-order chi connectivity index (χ1) is 7.29. The second-order valence-electron chi connectivity index (χ2n) is 3.98. The maximum atomic E-state index is 9.03. The lowest BCUT2D eigenvalue weighted by molar-refractivity contribution is 0.141. The van der Waals surface area contributed by atoms with E-state index in [1.165, 1.54) is 32.1 Å². The van der Waals surface area contributed by atoms with Crippen molar-refractivity contribution in [3.05, 3.63) is 0 Å². The Labute approximate surface area is 103 Å². The van der Waals surface area contributed by atoms with Crippen LogP contribution >= 0.6 is 15.9 Å². The Morgan fingerprint density at radius 2 is 1.73 bits per heavy atom. The van der Waals surface area contributed by atoms with Crippen molar-refractivity contribution in [1.82, 2.24) is 4.90 Å². The molecule has 0 aliphatic carbocycles. The van der Waals surface area contributed by atoms with Crippen LogP contribution in [0.15, 0.2) is 0 Å². The van der Waals surface area contributed by atoms with Gasteiger partial charge < -0.3 is 5.11 Å². The van der Waals surface area contributed by atoms with Crippen molar-refractivity contribution < 1.29 is 5.11 Å². The maximum Gasteiger partial charge on any atom is 0.0558 e. The van der Waals surface area contributed by atoms with Gasteiger partial charge in [-0.05, 0) is 32.2 Å². The minimum absolute atomic E-state index is 0.287. The van der Waals surface area contributed by atoms with Gasteiger partial charge in [0.1, 0.15) is 0 Å². The van der Waals surface area contributed by atoms with E-state index in [1.54, 1.807) is 0 Å². The lowest BCUT2D eigenvalue weighted by atomic mass is 10.1. The number of alkyl halides is 1. The Morgan fingerprint density at radius 1 is 1.07 bits per heavy atom. The summed E-state index contributed by atoms with van der Waals surface area (Å²) in [5.74, 6) is 0. The minimum Gasteiger partial charge on any atom is -0.395 e. The Bertz CT molecular complexity index is 129. The summed E-state index contributed by atoms with van der Waals surface area (Å²) in [6.45, 7) is 6.73. The molecule has 0 fully saturated rings. The number of rotatable bonds is 10. The molecule has 0 atom stereocenters. The van der Waals surface area contributed by atoms with Crippen molar-refractivity contribution in [2.45, 2.75) is 52.0 Å². The van der Waals surface area contributed by atoms with Crippen LogP contribution in [-0.4, -0.2) is 41.1 Å². The van der Waals surface area contributed by atoms with Gasteiger partial charge in [0.25, 0.3) is 0 Å². The summed E-state index contributed by atoms with van der Waals surface area (Å²) in [5.41, 5.74) is 0. The molecule has 2 nitrogen and oxygen atoms in total. The largest absolute Gasteiger partial charge is 0.395 e. The van der Waals surface area contributed by atoms with Crippen LogP contribution in [0.25, 0.3) is 0 Å². The molecule has 15 heavy (non-hydrogen) atoms. The zero-order valence-corrected chi connectivity index (χ0v) is 11.8. The van der Waals surface area contributed by atoms with Crippen LogP contribution in [0.1, 0.15) is 46.0 Å². The van der Waals surface area contributed by atoms with Crippen molar-refractivity contribution in [3.63, 3.8) is 0 Å². The number of aliphatic hydroxyl groups excluding tert-OH is 1. The first kappa shape index (κ1) is 15.4. The van der Waals surface area contributed by atoms with E-state index in [0.29, 0.717) is 6.04 Å². The third kappa shape index (κ3) is 7.31. The van der Waals surface area contributed by atoms with Crippen LogP contribution in [0.4, 0.5) is 0 Å². The van der Waals surface area contributed by atoms with E-state index < -0.39 is 0 Å². The highest BCUT2D eigenvalue weighted by Crippen LogP contribution is 2.10. The van der Waals surface area contributed by atoms with Gasteiger partial charge in [0, 0.05) is 17.9 Å². The lowest BCUT2D eigenvalue weighted by Crippen LogP contribution is -2.37. The number of aliphatic hydroxyl groups is 1. The number of hydrogen-bond acceptors (Lipinski definition) is 2. The van der Waals surface area contributed by atoms with E-state index in [0.717, 1.165) is 18.4 Å². The van der Waals surface area contributed by atoms with Gasteiger partial charge in [-0.1, -0.05) is 36.2 Å². The molecule has 0 aromatic rings. The van der Waals surface area contributed by atoms with Gasteiger partial charge in [0.15, 0.2) is 0 Å². The molecule has 0 saturated heterocycles. The summed E-state index contributed by atoms with van der Waals surface area (Å²) in [4.78, 5) is 2.44. The molecule has 0 aromatic carbocycles. The Hall–Kier alpha value is 0.400. The predicted molar refractivity (Wildman–Crippen MR) is 70.7 cm³/mol. The van der Waals surface area contributed by atoms with E-state index in [1.807, 2.05) is 0 Å². The smallest absolute Gasteiger partial charge is 0.0558 e. The van der Waals surface area contributed by atoms with Crippen LogP contribution in [0.3, 0.4) is 0 Å². The van der Waals surface area contributed by atoms with Crippen molar-refractivity contribution in [1.29, 1.82) is 0 Å². The molecule has 0 heterocycles. The molecule has 0 saturated carbocycles. The lowest BCUT2D eigenvalue weighted by Gasteiger charge is -2.29.